The molecule has 3 amide bonds. The van der Waals surface area contributed by atoms with Crippen LogP contribution >= 0.6 is 22.6 Å². The molecule has 0 spiro atoms. The van der Waals surface area contributed by atoms with Crippen molar-refractivity contribution in [2.24, 2.45) is 0 Å². The van der Waals surface area contributed by atoms with Gasteiger partial charge in [-0.25, -0.2) is 4.90 Å². The van der Waals surface area contributed by atoms with E-state index in [9.17, 15) is 14.4 Å². The molecule has 6 nitrogen and oxygen atoms in total. The van der Waals surface area contributed by atoms with E-state index in [1.54, 1.807) is 24.3 Å². The molecule has 30 heavy (non-hydrogen) atoms. The summed E-state index contributed by atoms with van der Waals surface area (Å²) in [5, 5.41) is 0. The summed E-state index contributed by atoms with van der Waals surface area (Å²) in [6.07, 6.45) is 8.79. The van der Waals surface area contributed by atoms with E-state index < -0.39 is 6.04 Å². The molecule has 2 aliphatic rings. The molecule has 0 radical (unpaired) electrons. The summed E-state index contributed by atoms with van der Waals surface area (Å²) in [4.78, 5) is 41.8. The number of carbonyl (C=O) groups excluding carboxylic acids is 3. The molecule has 7 heteroatoms. The van der Waals surface area contributed by atoms with Crippen molar-refractivity contribution in [1.82, 2.24) is 4.90 Å². The third-order valence-electron chi connectivity index (χ3n) is 5.64. The van der Waals surface area contributed by atoms with E-state index >= 15 is 0 Å². The number of benzene rings is 1. The number of carbonyl (C=O) groups is 3. The first-order chi connectivity index (χ1) is 14.5. The van der Waals surface area contributed by atoms with Crippen molar-refractivity contribution in [3.05, 3.63) is 63.6 Å². The van der Waals surface area contributed by atoms with Gasteiger partial charge in [-0.2, -0.15) is 0 Å². The zero-order chi connectivity index (χ0) is 21.1. The third-order valence-corrected chi connectivity index (χ3v) is 6.35. The number of allylic oxidation sites excluding steroid dienone is 1. The standard InChI is InChI=1S/C23H23IN2O4/c24-17-8-10-18(11-9-17)26-21(27)15-19(22(26)28)25(23(29)20-7-4-14-30-20)13-12-16-5-2-1-3-6-16/h4-5,7-11,14,19H,1-3,6,12-13,15H2. The number of furan rings is 1. The van der Waals surface area contributed by atoms with Crippen LogP contribution in [0.1, 0.15) is 49.1 Å². The molecule has 1 aromatic carbocycles. The van der Waals surface area contributed by atoms with E-state index in [1.807, 2.05) is 12.1 Å². The lowest BCUT2D eigenvalue weighted by molar-refractivity contribution is -0.122. The Balaban J connectivity index is 1.58. The summed E-state index contributed by atoms with van der Waals surface area (Å²) in [6.45, 7) is 0.385. The van der Waals surface area contributed by atoms with Gasteiger partial charge in [0, 0.05) is 10.1 Å². The zero-order valence-corrected chi connectivity index (χ0v) is 18.7. The molecule has 0 bridgehead atoms. The van der Waals surface area contributed by atoms with Crippen LogP contribution in [0.5, 0.6) is 0 Å². The van der Waals surface area contributed by atoms with E-state index in [4.69, 9.17) is 4.42 Å². The van der Waals surface area contributed by atoms with Crippen LogP contribution < -0.4 is 4.90 Å². The number of rotatable bonds is 6. The van der Waals surface area contributed by atoms with E-state index in [0.717, 1.165) is 22.8 Å². The fourth-order valence-electron chi connectivity index (χ4n) is 4.06. The highest BCUT2D eigenvalue weighted by molar-refractivity contribution is 14.1. The van der Waals surface area contributed by atoms with Gasteiger partial charge >= 0.3 is 0 Å². The Kier molecular flexibility index (Phi) is 6.36. The lowest BCUT2D eigenvalue weighted by Gasteiger charge is -2.27. The Labute approximate surface area is 189 Å². The van der Waals surface area contributed by atoms with Gasteiger partial charge in [-0.3, -0.25) is 14.4 Å². The molecule has 2 aromatic rings. The van der Waals surface area contributed by atoms with E-state index in [-0.39, 0.29) is 29.9 Å². The van der Waals surface area contributed by atoms with Gasteiger partial charge in [-0.05, 0) is 91.1 Å². The molecule has 1 aliphatic carbocycles. The number of imide groups is 1. The summed E-state index contributed by atoms with van der Waals surface area (Å²) in [5.41, 5.74) is 1.85. The molecular formula is C23H23IN2O4. The van der Waals surface area contributed by atoms with E-state index in [0.29, 0.717) is 18.7 Å². The molecule has 1 atom stereocenters. The third kappa shape index (κ3) is 4.35. The van der Waals surface area contributed by atoms with Crippen LogP contribution in [0.4, 0.5) is 5.69 Å². The van der Waals surface area contributed by atoms with Crippen molar-refractivity contribution >= 4 is 46.0 Å². The fraction of sp³-hybridized carbons (Fsp3) is 0.348. The second kappa shape index (κ2) is 9.16. The topological polar surface area (TPSA) is 70.8 Å². The zero-order valence-electron chi connectivity index (χ0n) is 16.6. The Morgan fingerprint density at radius 3 is 2.63 bits per heavy atom. The van der Waals surface area contributed by atoms with Crippen LogP contribution in [0.2, 0.25) is 0 Å². The summed E-state index contributed by atoms with van der Waals surface area (Å²) in [6, 6.07) is 9.63. The number of nitrogens with zero attached hydrogens (tertiary/aromatic N) is 2. The van der Waals surface area contributed by atoms with Gasteiger partial charge in [-0.1, -0.05) is 11.6 Å². The minimum atomic E-state index is -0.821. The maximum atomic E-state index is 13.2. The maximum Gasteiger partial charge on any atom is 0.290 e. The molecular weight excluding hydrogens is 495 g/mol. The molecule has 4 rings (SSSR count). The van der Waals surface area contributed by atoms with Crippen molar-refractivity contribution in [3.8, 4) is 0 Å². The second-order valence-corrected chi connectivity index (χ2v) is 8.84. The van der Waals surface area contributed by atoms with Crippen molar-refractivity contribution in [2.75, 3.05) is 11.4 Å². The average Bonchev–Trinajstić information content (AvgIpc) is 3.39. The van der Waals surface area contributed by atoms with Crippen LogP contribution in [0.3, 0.4) is 0 Å². The van der Waals surface area contributed by atoms with Gasteiger partial charge in [0.1, 0.15) is 6.04 Å². The number of anilines is 1. The van der Waals surface area contributed by atoms with Crippen LogP contribution in [-0.2, 0) is 9.59 Å². The van der Waals surface area contributed by atoms with Gasteiger partial charge in [0.15, 0.2) is 5.76 Å². The summed E-state index contributed by atoms with van der Waals surface area (Å²) < 4.78 is 6.31. The number of amides is 3. The molecule has 0 saturated carbocycles. The molecule has 1 unspecified atom stereocenters. The average molecular weight is 518 g/mol. The van der Waals surface area contributed by atoms with Crippen molar-refractivity contribution in [3.63, 3.8) is 0 Å². The molecule has 1 aliphatic heterocycles. The minimum absolute atomic E-state index is 0.0175. The Morgan fingerprint density at radius 2 is 1.97 bits per heavy atom. The monoisotopic (exact) mass is 518 g/mol. The van der Waals surface area contributed by atoms with Crippen molar-refractivity contribution in [2.45, 2.75) is 44.6 Å². The molecule has 2 heterocycles. The van der Waals surface area contributed by atoms with Crippen LogP contribution in [-0.4, -0.2) is 35.2 Å². The Morgan fingerprint density at radius 1 is 1.17 bits per heavy atom. The Bertz CT molecular complexity index is 966. The lowest BCUT2D eigenvalue weighted by atomic mass is 9.97. The normalized spacial score (nSPS) is 19.2. The van der Waals surface area contributed by atoms with Crippen molar-refractivity contribution in [1.29, 1.82) is 0 Å². The quantitative estimate of drug-likeness (QED) is 0.320. The first kappa shape index (κ1) is 20.8. The number of halogens is 1. The van der Waals surface area contributed by atoms with Crippen LogP contribution in [0.25, 0.3) is 0 Å². The van der Waals surface area contributed by atoms with E-state index in [2.05, 4.69) is 28.7 Å². The molecule has 1 saturated heterocycles. The summed E-state index contributed by atoms with van der Waals surface area (Å²) in [7, 11) is 0. The fourth-order valence-corrected chi connectivity index (χ4v) is 4.42. The minimum Gasteiger partial charge on any atom is -0.459 e. The van der Waals surface area contributed by atoms with Crippen LogP contribution in [0, 0.1) is 3.57 Å². The highest BCUT2D eigenvalue weighted by Gasteiger charge is 2.44. The molecule has 156 valence electrons. The second-order valence-electron chi connectivity index (χ2n) is 7.60. The largest absolute Gasteiger partial charge is 0.459 e. The first-order valence-electron chi connectivity index (χ1n) is 10.2. The van der Waals surface area contributed by atoms with Crippen molar-refractivity contribution < 1.29 is 18.8 Å². The predicted molar refractivity (Wildman–Crippen MR) is 121 cm³/mol. The van der Waals surface area contributed by atoms with E-state index in [1.165, 1.54) is 28.1 Å². The highest BCUT2D eigenvalue weighted by atomic mass is 127. The van der Waals surface area contributed by atoms with Gasteiger partial charge < -0.3 is 9.32 Å². The molecule has 1 fully saturated rings. The first-order valence-corrected chi connectivity index (χ1v) is 11.3. The molecule has 1 aromatic heterocycles. The molecule has 0 N–H and O–H groups in total. The SMILES string of the molecule is O=C1CC(N(CCC2=CCCCC2)C(=O)c2ccco2)C(=O)N1c1ccc(I)cc1. The van der Waals surface area contributed by atoms with Crippen LogP contribution in [0.15, 0.2) is 58.7 Å². The predicted octanol–water partition coefficient (Wildman–Crippen LogP) is 4.55. The number of hydrogen-bond donors (Lipinski definition) is 0. The van der Waals surface area contributed by atoms with Gasteiger partial charge in [0.05, 0.1) is 18.4 Å². The number of hydrogen-bond acceptors (Lipinski definition) is 4. The maximum absolute atomic E-state index is 13.2. The summed E-state index contributed by atoms with van der Waals surface area (Å²) >= 11 is 2.17. The Hall–Kier alpha value is -2.42. The van der Waals surface area contributed by atoms with Gasteiger partial charge in [0.25, 0.3) is 11.8 Å². The highest BCUT2D eigenvalue weighted by Crippen LogP contribution is 2.28. The lowest BCUT2D eigenvalue weighted by Crippen LogP contribution is -2.46. The van der Waals surface area contributed by atoms with Gasteiger partial charge in [0.2, 0.25) is 5.91 Å². The summed E-state index contributed by atoms with van der Waals surface area (Å²) in [5.74, 6) is -0.827. The van der Waals surface area contributed by atoms with Gasteiger partial charge in [-0.15, -0.1) is 0 Å². The smallest absolute Gasteiger partial charge is 0.290 e.